The van der Waals surface area contributed by atoms with E-state index in [4.69, 9.17) is 4.74 Å². The molecule has 2 amide bonds. The molecule has 0 saturated carbocycles. The van der Waals surface area contributed by atoms with Gasteiger partial charge in [0.15, 0.2) is 0 Å². The van der Waals surface area contributed by atoms with Crippen LogP contribution in [0.1, 0.15) is 47.6 Å². The zero-order chi connectivity index (χ0) is 23.6. The summed E-state index contributed by atoms with van der Waals surface area (Å²) in [5.41, 5.74) is 4.38. The van der Waals surface area contributed by atoms with Crippen molar-refractivity contribution in [3.05, 3.63) is 89.5 Å². The highest BCUT2D eigenvalue weighted by Crippen LogP contribution is 2.42. The third kappa shape index (κ3) is 5.06. The normalized spacial score (nSPS) is 16.1. The Morgan fingerprint density at radius 1 is 1.03 bits per heavy atom. The summed E-state index contributed by atoms with van der Waals surface area (Å²) in [6.07, 6.45) is 0. The number of methoxy groups -OCH3 is 1. The number of hydrogen-bond donors (Lipinski definition) is 1. The van der Waals surface area contributed by atoms with E-state index in [1.807, 2.05) is 72.8 Å². The molecule has 1 aliphatic rings. The summed E-state index contributed by atoms with van der Waals surface area (Å²) < 4.78 is 5.32. The highest BCUT2D eigenvalue weighted by atomic mass is 32.2. The molecule has 1 aliphatic heterocycles. The van der Waals surface area contributed by atoms with Gasteiger partial charge >= 0.3 is 0 Å². The molecular weight excluding hydrogens is 432 g/mol. The molecule has 33 heavy (non-hydrogen) atoms. The van der Waals surface area contributed by atoms with Crippen LogP contribution in [-0.2, 0) is 10.2 Å². The van der Waals surface area contributed by atoms with Crippen LogP contribution in [0.15, 0.2) is 72.8 Å². The fourth-order valence-corrected chi connectivity index (χ4v) is 4.94. The van der Waals surface area contributed by atoms with E-state index in [1.54, 1.807) is 23.8 Å². The zero-order valence-corrected chi connectivity index (χ0v) is 20.1. The number of ether oxygens (including phenoxy) is 1. The zero-order valence-electron chi connectivity index (χ0n) is 19.3. The van der Waals surface area contributed by atoms with E-state index in [-0.39, 0.29) is 22.6 Å². The van der Waals surface area contributed by atoms with E-state index in [0.717, 1.165) is 11.3 Å². The van der Waals surface area contributed by atoms with Gasteiger partial charge in [-0.1, -0.05) is 51.1 Å². The first-order valence-corrected chi connectivity index (χ1v) is 11.9. The molecule has 3 aromatic rings. The molecule has 1 saturated heterocycles. The van der Waals surface area contributed by atoms with Crippen LogP contribution in [0.2, 0.25) is 0 Å². The Morgan fingerprint density at radius 3 is 2.36 bits per heavy atom. The number of carbonyl (C=O) groups is 2. The van der Waals surface area contributed by atoms with Crippen LogP contribution in [0.5, 0.6) is 5.75 Å². The maximum atomic E-state index is 12.7. The van der Waals surface area contributed by atoms with Gasteiger partial charge in [0, 0.05) is 23.0 Å². The number of amides is 2. The molecule has 0 spiro atoms. The molecule has 3 aromatic carbocycles. The van der Waals surface area contributed by atoms with Gasteiger partial charge in [0.25, 0.3) is 5.91 Å². The first-order valence-electron chi connectivity index (χ1n) is 10.9. The Labute approximate surface area is 199 Å². The maximum Gasteiger partial charge on any atom is 0.255 e. The molecule has 0 unspecified atom stereocenters. The minimum absolute atomic E-state index is 0.0449. The van der Waals surface area contributed by atoms with Gasteiger partial charge in [-0.25, -0.2) is 0 Å². The van der Waals surface area contributed by atoms with Gasteiger partial charge in [-0.3, -0.25) is 14.5 Å². The van der Waals surface area contributed by atoms with E-state index < -0.39 is 0 Å². The van der Waals surface area contributed by atoms with Gasteiger partial charge in [-0.15, -0.1) is 11.8 Å². The van der Waals surface area contributed by atoms with E-state index in [9.17, 15) is 9.59 Å². The highest BCUT2D eigenvalue weighted by Gasteiger charge is 2.34. The smallest absolute Gasteiger partial charge is 0.255 e. The lowest BCUT2D eigenvalue weighted by Crippen LogP contribution is -2.27. The Kier molecular flexibility index (Phi) is 6.47. The summed E-state index contributed by atoms with van der Waals surface area (Å²) in [5, 5.41) is 2.83. The lowest BCUT2D eigenvalue weighted by Gasteiger charge is -2.25. The number of nitrogens with one attached hydrogen (secondary N) is 1. The first-order chi connectivity index (χ1) is 15.8. The van der Waals surface area contributed by atoms with Crippen molar-refractivity contribution < 1.29 is 14.3 Å². The summed E-state index contributed by atoms with van der Waals surface area (Å²) in [7, 11) is 1.61. The number of carbonyl (C=O) groups excluding carboxylic acids is 2. The number of rotatable bonds is 5. The quantitative estimate of drug-likeness (QED) is 0.506. The van der Waals surface area contributed by atoms with Crippen molar-refractivity contribution in [2.75, 3.05) is 23.1 Å². The van der Waals surface area contributed by atoms with Crippen LogP contribution in [0.4, 0.5) is 11.4 Å². The van der Waals surface area contributed by atoms with Crippen LogP contribution in [0, 0.1) is 0 Å². The van der Waals surface area contributed by atoms with Crippen molar-refractivity contribution in [2.24, 2.45) is 0 Å². The molecule has 1 N–H and O–H groups in total. The number of hydrogen-bond acceptors (Lipinski definition) is 4. The third-order valence-electron chi connectivity index (χ3n) is 5.67. The second kappa shape index (κ2) is 9.32. The highest BCUT2D eigenvalue weighted by molar-refractivity contribution is 8.00. The third-order valence-corrected chi connectivity index (χ3v) is 6.88. The molecule has 1 fully saturated rings. The number of anilines is 2. The largest absolute Gasteiger partial charge is 0.497 e. The van der Waals surface area contributed by atoms with Crippen LogP contribution in [0.25, 0.3) is 0 Å². The number of nitrogens with zero attached hydrogens (tertiary/aromatic N) is 1. The standard InChI is InChI=1S/C27H28N2O3S/c1-27(2,3)20-12-8-18(9-13-20)25(31)28-21-14-10-19(11-15-21)26-29(24(30)17-33-26)22-6-5-7-23(16-22)32-4/h5-16,26H,17H2,1-4H3,(H,28,31)/t26-/m0/s1. The average molecular weight is 461 g/mol. The minimum atomic E-state index is -0.147. The summed E-state index contributed by atoms with van der Waals surface area (Å²) in [4.78, 5) is 27.1. The lowest BCUT2D eigenvalue weighted by atomic mass is 9.87. The van der Waals surface area contributed by atoms with E-state index in [0.29, 0.717) is 22.8 Å². The Morgan fingerprint density at radius 2 is 1.73 bits per heavy atom. The maximum absolute atomic E-state index is 12.7. The van der Waals surface area contributed by atoms with Gasteiger partial charge in [-0.05, 0) is 52.9 Å². The van der Waals surface area contributed by atoms with E-state index in [1.165, 1.54) is 5.56 Å². The Hall–Kier alpha value is -3.25. The van der Waals surface area contributed by atoms with E-state index in [2.05, 4.69) is 26.1 Å². The molecule has 1 heterocycles. The van der Waals surface area contributed by atoms with Gasteiger partial charge in [0.1, 0.15) is 11.1 Å². The van der Waals surface area contributed by atoms with E-state index >= 15 is 0 Å². The second-order valence-electron chi connectivity index (χ2n) is 9.03. The van der Waals surface area contributed by atoms with Crippen LogP contribution in [0.3, 0.4) is 0 Å². The monoisotopic (exact) mass is 460 g/mol. The Bertz CT molecular complexity index is 1150. The van der Waals surface area contributed by atoms with Crippen molar-refractivity contribution >= 4 is 35.0 Å². The molecular formula is C27H28N2O3S. The molecule has 4 rings (SSSR count). The summed E-state index contributed by atoms with van der Waals surface area (Å²) >= 11 is 1.59. The van der Waals surface area contributed by atoms with Crippen molar-refractivity contribution in [3.8, 4) is 5.75 Å². The minimum Gasteiger partial charge on any atom is -0.497 e. The fraction of sp³-hybridized carbons (Fsp3) is 0.259. The van der Waals surface area contributed by atoms with Crippen molar-refractivity contribution in [1.82, 2.24) is 0 Å². The number of thioether (sulfide) groups is 1. The number of benzene rings is 3. The van der Waals surface area contributed by atoms with Gasteiger partial charge in [0.2, 0.25) is 5.91 Å². The predicted octanol–water partition coefficient (Wildman–Crippen LogP) is 6.02. The molecule has 5 nitrogen and oxygen atoms in total. The lowest BCUT2D eigenvalue weighted by molar-refractivity contribution is -0.115. The molecule has 0 aromatic heterocycles. The summed E-state index contributed by atoms with van der Waals surface area (Å²) in [6.45, 7) is 6.44. The van der Waals surface area contributed by atoms with Crippen molar-refractivity contribution in [3.63, 3.8) is 0 Å². The fourth-order valence-electron chi connectivity index (χ4n) is 3.77. The van der Waals surface area contributed by atoms with Crippen LogP contribution in [-0.4, -0.2) is 24.7 Å². The molecule has 0 aliphatic carbocycles. The topological polar surface area (TPSA) is 58.6 Å². The molecule has 6 heteroatoms. The molecule has 0 bridgehead atoms. The molecule has 170 valence electrons. The predicted molar refractivity (Wildman–Crippen MR) is 135 cm³/mol. The van der Waals surface area contributed by atoms with Gasteiger partial charge in [-0.2, -0.15) is 0 Å². The Balaban J connectivity index is 1.48. The van der Waals surface area contributed by atoms with Crippen LogP contribution >= 0.6 is 11.8 Å². The van der Waals surface area contributed by atoms with Gasteiger partial charge < -0.3 is 10.1 Å². The summed E-state index contributed by atoms with van der Waals surface area (Å²) in [6, 6.07) is 22.9. The second-order valence-corrected chi connectivity index (χ2v) is 10.1. The SMILES string of the molecule is COc1cccc(N2C(=O)CS[C@H]2c2ccc(NC(=O)c3ccc(C(C)(C)C)cc3)cc2)c1. The molecule has 1 atom stereocenters. The van der Waals surface area contributed by atoms with Crippen molar-refractivity contribution in [1.29, 1.82) is 0 Å². The van der Waals surface area contributed by atoms with Gasteiger partial charge in [0.05, 0.1) is 12.9 Å². The van der Waals surface area contributed by atoms with Crippen molar-refractivity contribution in [2.45, 2.75) is 31.6 Å². The summed E-state index contributed by atoms with van der Waals surface area (Å²) in [5.74, 6) is 1.05. The first kappa shape index (κ1) is 22.9. The van der Waals surface area contributed by atoms with Crippen LogP contribution < -0.4 is 15.0 Å². The average Bonchev–Trinajstić information content (AvgIpc) is 3.20. The molecule has 0 radical (unpaired) electrons.